The summed E-state index contributed by atoms with van der Waals surface area (Å²) in [5.74, 6) is -0.271. The minimum atomic E-state index is -0.933. The number of pyridine rings is 1. The number of hydrogen-bond acceptors (Lipinski definition) is 3. The van der Waals surface area contributed by atoms with Crippen LogP contribution in [0.1, 0.15) is 17.3 Å². The predicted molar refractivity (Wildman–Crippen MR) is 40.2 cm³/mol. The van der Waals surface area contributed by atoms with Crippen LogP contribution < -0.4 is 0 Å². The molecule has 0 unspecified atom stereocenters. The van der Waals surface area contributed by atoms with E-state index in [1.54, 1.807) is 12.1 Å². The average Bonchev–Trinajstić information content (AvgIpc) is 2.05. The Labute approximate surface area is 64.7 Å². The van der Waals surface area contributed by atoms with Gasteiger partial charge in [0.25, 0.3) is 0 Å². The lowest BCUT2D eigenvalue weighted by Crippen LogP contribution is -2.15. The van der Waals surface area contributed by atoms with Crippen LogP contribution in [0.2, 0.25) is 0 Å². The first-order valence-corrected chi connectivity index (χ1v) is 3.34. The topological polar surface area (TPSA) is 50.2 Å². The van der Waals surface area contributed by atoms with Crippen molar-refractivity contribution in [1.29, 1.82) is 0 Å². The van der Waals surface area contributed by atoms with Crippen LogP contribution in [0.15, 0.2) is 24.5 Å². The van der Waals surface area contributed by atoms with Gasteiger partial charge in [0.05, 0.1) is 0 Å². The number of aliphatic hydroxyl groups excluding tert-OH is 1. The molecule has 3 heteroatoms. The fourth-order valence-electron chi connectivity index (χ4n) is 0.757. The number of aromatic nitrogens is 1. The van der Waals surface area contributed by atoms with Gasteiger partial charge in [-0.3, -0.25) is 9.78 Å². The Morgan fingerprint density at radius 1 is 1.55 bits per heavy atom. The molecule has 0 fully saturated rings. The van der Waals surface area contributed by atoms with Crippen molar-refractivity contribution < 1.29 is 9.90 Å². The monoisotopic (exact) mass is 151 g/mol. The van der Waals surface area contributed by atoms with E-state index in [1.165, 1.54) is 19.3 Å². The summed E-state index contributed by atoms with van der Waals surface area (Å²) in [5, 5.41) is 8.90. The third-order valence-corrected chi connectivity index (χ3v) is 1.34. The van der Waals surface area contributed by atoms with E-state index >= 15 is 0 Å². The highest BCUT2D eigenvalue weighted by Gasteiger charge is 2.10. The Balaban J connectivity index is 2.86. The number of carbonyl (C=O) groups is 1. The first-order chi connectivity index (χ1) is 5.22. The molecule has 58 valence electrons. The van der Waals surface area contributed by atoms with Crippen LogP contribution in [0.25, 0.3) is 0 Å². The zero-order valence-electron chi connectivity index (χ0n) is 6.19. The molecule has 11 heavy (non-hydrogen) atoms. The maximum absolute atomic E-state index is 11.1. The lowest BCUT2D eigenvalue weighted by molar-refractivity contribution is 0.0779. The van der Waals surface area contributed by atoms with Crippen LogP contribution in [0, 0.1) is 0 Å². The number of hydrogen-bond donors (Lipinski definition) is 1. The van der Waals surface area contributed by atoms with Crippen molar-refractivity contribution in [2.45, 2.75) is 13.0 Å². The maximum Gasteiger partial charge on any atom is 0.191 e. The van der Waals surface area contributed by atoms with Gasteiger partial charge in [0.1, 0.15) is 6.10 Å². The van der Waals surface area contributed by atoms with Gasteiger partial charge in [-0.2, -0.15) is 0 Å². The van der Waals surface area contributed by atoms with Gasteiger partial charge in [0, 0.05) is 18.0 Å². The standard InChI is InChI=1S/C8H9NO2/c1-6(10)8(11)7-2-4-9-5-3-7/h2-6,10H,1H3/t6-/m0/s1. The van der Waals surface area contributed by atoms with Gasteiger partial charge in [0.2, 0.25) is 0 Å². The Morgan fingerprint density at radius 3 is 2.55 bits per heavy atom. The molecule has 0 saturated heterocycles. The molecule has 0 amide bonds. The van der Waals surface area contributed by atoms with Crippen LogP contribution in [-0.4, -0.2) is 22.0 Å². The molecule has 1 N–H and O–H groups in total. The van der Waals surface area contributed by atoms with E-state index in [9.17, 15) is 4.79 Å². The van der Waals surface area contributed by atoms with E-state index in [0.29, 0.717) is 5.56 Å². The fourth-order valence-corrected chi connectivity index (χ4v) is 0.757. The summed E-state index contributed by atoms with van der Waals surface area (Å²) in [6, 6.07) is 3.16. The minimum absolute atomic E-state index is 0.271. The molecule has 1 aromatic heterocycles. The molecular formula is C8H9NO2. The van der Waals surface area contributed by atoms with Crippen LogP contribution in [0.5, 0.6) is 0 Å². The number of carbonyl (C=O) groups excluding carboxylic acids is 1. The van der Waals surface area contributed by atoms with Crippen molar-refractivity contribution in [3.8, 4) is 0 Å². The number of nitrogens with zero attached hydrogens (tertiary/aromatic N) is 1. The smallest absolute Gasteiger partial charge is 0.191 e. The summed E-state index contributed by atoms with van der Waals surface area (Å²) in [4.78, 5) is 14.8. The highest BCUT2D eigenvalue weighted by molar-refractivity contribution is 5.98. The van der Waals surface area contributed by atoms with Gasteiger partial charge in [-0.25, -0.2) is 0 Å². The molecule has 0 radical (unpaired) electrons. The van der Waals surface area contributed by atoms with Gasteiger partial charge in [-0.05, 0) is 19.1 Å². The largest absolute Gasteiger partial charge is 0.385 e. The molecule has 0 aliphatic rings. The van der Waals surface area contributed by atoms with E-state index in [2.05, 4.69) is 4.98 Å². The zero-order chi connectivity index (χ0) is 8.27. The van der Waals surface area contributed by atoms with Crippen molar-refractivity contribution >= 4 is 5.78 Å². The molecule has 0 aromatic carbocycles. The highest BCUT2D eigenvalue weighted by atomic mass is 16.3. The molecule has 1 aromatic rings. The third-order valence-electron chi connectivity index (χ3n) is 1.34. The second-order valence-electron chi connectivity index (χ2n) is 2.28. The summed E-state index contributed by atoms with van der Waals surface area (Å²) in [7, 11) is 0. The number of Topliss-reactive ketones (excluding diaryl/α,β-unsaturated/α-hetero) is 1. The van der Waals surface area contributed by atoms with Crippen LogP contribution in [0.4, 0.5) is 0 Å². The van der Waals surface area contributed by atoms with Crippen molar-refractivity contribution in [2.75, 3.05) is 0 Å². The quantitative estimate of drug-likeness (QED) is 0.631. The van der Waals surface area contributed by atoms with Crippen LogP contribution >= 0.6 is 0 Å². The lowest BCUT2D eigenvalue weighted by atomic mass is 10.1. The summed E-state index contributed by atoms with van der Waals surface area (Å²) >= 11 is 0. The van der Waals surface area contributed by atoms with E-state index in [0.717, 1.165) is 0 Å². The van der Waals surface area contributed by atoms with Crippen molar-refractivity contribution in [3.63, 3.8) is 0 Å². The normalized spacial score (nSPS) is 12.5. The number of ketones is 1. The summed E-state index contributed by atoms with van der Waals surface area (Å²) in [6.07, 6.45) is 2.11. The predicted octanol–water partition coefficient (Wildman–Crippen LogP) is 0.645. The van der Waals surface area contributed by atoms with Gasteiger partial charge >= 0.3 is 0 Å². The Hall–Kier alpha value is -1.22. The van der Waals surface area contributed by atoms with Gasteiger partial charge in [-0.15, -0.1) is 0 Å². The lowest BCUT2D eigenvalue weighted by Gasteiger charge is -2.00. The molecule has 1 rings (SSSR count). The molecule has 3 nitrogen and oxygen atoms in total. The first kappa shape index (κ1) is 7.88. The SMILES string of the molecule is C[C@H](O)C(=O)c1ccncc1. The number of rotatable bonds is 2. The third kappa shape index (κ3) is 1.85. The molecule has 1 atom stereocenters. The molecule has 0 aliphatic heterocycles. The van der Waals surface area contributed by atoms with Crippen LogP contribution in [-0.2, 0) is 0 Å². The minimum Gasteiger partial charge on any atom is -0.385 e. The van der Waals surface area contributed by atoms with Gasteiger partial charge in [-0.1, -0.05) is 0 Å². The molecule has 0 spiro atoms. The maximum atomic E-state index is 11.1. The van der Waals surface area contributed by atoms with Crippen molar-refractivity contribution in [3.05, 3.63) is 30.1 Å². The van der Waals surface area contributed by atoms with E-state index in [-0.39, 0.29) is 5.78 Å². The summed E-state index contributed by atoms with van der Waals surface area (Å²) in [5.41, 5.74) is 0.495. The van der Waals surface area contributed by atoms with Gasteiger partial charge in [0.15, 0.2) is 5.78 Å². The zero-order valence-corrected chi connectivity index (χ0v) is 6.19. The summed E-state index contributed by atoms with van der Waals surface area (Å²) < 4.78 is 0. The summed E-state index contributed by atoms with van der Waals surface area (Å²) in [6.45, 7) is 1.45. The fraction of sp³-hybridized carbons (Fsp3) is 0.250. The highest BCUT2D eigenvalue weighted by Crippen LogP contribution is 2.00. The van der Waals surface area contributed by atoms with E-state index in [1.807, 2.05) is 0 Å². The molecule has 0 bridgehead atoms. The second-order valence-corrected chi connectivity index (χ2v) is 2.28. The second kappa shape index (κ2) is 3.25. The van der Waals surface area contributed by atoms with Crippen molar-refractivity contribution in [2.24, 2.45) is 0 Å². The molecule has 0 aliphatic carbocycles. The van der Waals surface area contributed by atoms with Crippen LogP contribution in [0.3, 0.4) is 0 Å². The Bertz CT molecular complexity index is 244. The molecular weight excluding hydrogens is 142 g/mol. The van der Waals surface area contributed by atoms with E-state index < -0.39 is 6.10 Å². The van der Waals surface area contributed by atoms with E-state index in [4.69, 9.17) is 5.11 Å². The van der Waals surface area contributed by atoms with Gasteiger partial charge < -0.3 is 5.11 Å². The Morgan fingerprint density at radius 2 is 2.09 bits per heavy atom. The number of aliphatic hydroxyl groups is 1. The van der Waals surface area contributed by atoms with Crippen molar-refractivity contribution in [1.82, 2.24) is 4.98 Å². The Kier molecular flexibility index (Phi) is 2.33. The first-order valence-electron chi connectivity index (χ1n) is 3.34. The molecule has 0 saturated carbocycles. The molecule has 1 heterocycles. The average molecular weight is 151 g/mol.